The van der Waals surface area contributed by atoms with Gasteiger partial charge in [0, 0.05) is 31.3 Å². The van der Waals surface area contributed by atoms with E-state index in [0.29, 0.717) is 11.2 Å². The third kappa shape index (κ3) is 3.37. The number of pyridine rings is 1. The van der Waals surface area contributed by atoms with Crippen molar-refractivity contribution in [3.05, 3.63) is 58.9 Å². The Bertz CT molecular complexity index is 881. The second kappa shape index (κ2) is 6.78. The van der Waals surface area contributed by atoms with Gasteiger partial charge >= 0.3 is 0 Å². The minimum atomic E-state index is -1.16. The topological polar surface area (TPSA) is 56.7 Å². The summed E-state index contributed by atoms with van der Waals surface area (Å²) in [5, 5.41) is 0.514. The molecule has 3 heterocycles. The number of nitrogens with two attached hydrogens (primary N) is 1. The van der Waals surface area contributed by atoms with Crippen molar-refractivity contribution in [2.45, 2.75) is 25.4 Å². The van der Waals surface area contributed by atoms with Crippen molar-refractivity contribution in [2.24, 2.45) is 5.73 Å². The van der Waals surface area contributed by atoms with E-state index in [9.17, 15) is 13.2 Å². The van der Waals surface area contributed by atoms with Crippen LogP contribution in [0.4, 0.5) is 13.2 Å². The van der Waals surface area contributed by atoms with Gasteiger partial charge in [-0.25, -0.2) is 23.1 Å². The van der Waals surface area contributed by atoms with Gasteiger partial charge in [0.05, 0.1) is 5.52 Å². The summed E-state index contributed by atoms with van der Waals surface area (Å²) < 4.78 is 38.0. The third-order valence-corrected chi connectivity index (χ3v) is 4.00. The molecule has 0 saturated carbocycles. The number of rotatable bonds is 0. The molecule has 8 heteroatoms. The maximum absolute atomic E-state index is 12.0. The predicted molar refractivity (Wildman–Crippen MR) is 85.2 cm³/mol. The quantitative estimate of drug-likeness (QED) is 0.497. The largest absolute Gasteiger partial charge is 0.326 e. The summed E-state index contributed by atoms with van der Waals surface area (Å²) in [4.78, 5) is 8.61. The molecule has 0 unspecified atom stereocenters. The fourth-order valence-corrected chi connectivity index (χ4v) is 2.84. The lowest BCUT2D eigenvalue weighted by Crippen LogP contribution is -2.31. The van der Waals surface area contributed by atoms with E-state index in [0.717, 1.165) is 48.4 Å². The summed E-state index contributed by atoms with van der Waals surface area (Å²) in [5.74, 6) is -1.89. The van der Waals surface area contributed by atoms with Crippen LogP contribution in [0.15, 0.2) is 30.5 Å². The van der Waals surface area contributed by atoms with Gasteiger partial charge in [-0.05, 0) is 24.6 Å². The van der Waals surface area contributed by atoms with Crippen LogP contribution in [0.2, 0.25) is 5.15 Å². The minimum Gasteiger partial charge on any atom is -0.326 e. The summed E-state index contributed by atoms with van der Waals surface area (Å²) in [6.45, 7) is 0.789. The summed E-state index contributed by atoms with van der Waals surface area (Å²) in [7, 11) is 0. The molecule has 2 N–H and O–H groups in total. The molecule has 0 aliphatic carbocycles. The van der Waals surface area contributed by atoms with Gasteiger partial charge < -0.3 is 10.3 Å². The number of benzene rings is 1. The summed E-state index contributed by atoms with van der Waals surface area (Å²) in [6.07, 6.45) is 3.60. The molecule has 4 nitrogen and oxygen atoms in total. The first-order valence-corrected chi connectivity index (χ1v) is 7.69. The molecule has 0 saturated heterocycles. The molecule has 0 bridgehead atoms. The first-order chi connectivity index (χ1) is 11.5. The average Bonchev–Trinajstić information content (AvgIpc) is 2.91. The van der Waals surface area contributed by atoms with Crippen LogP contribution >= 0.6 is 11.6 Å². The third-order valence-electron chi connectivity index (χ3n) is 3.73. The number of aromatic nitrogens is 3. The smallest absolute Gasteiger partial charge is 0.161 e. The predicted octanol–water partition coefficient (Wildman–Crippen LogP) is 3.46. The maximum atomic E-state index is 12.0. The highest BCUT2D eigenvalue weighted by molar-refractivity contribution is 6.33. The second-order valence-electron chi connectivity index (χ2n) is 5.47. The zero-order valence-corrected chi connectivity index (χ0v) is 13.3. The van der Waals surface area contributed by atoms with Gasteiger partial charge in [0.25, 0.3) is 0 Å². The molecule has 1 aromatic carbocycles. The molecule has 3 aromatic rings. The summed E-state index contributed by atoms with van der Waals surface area (Å²) >= 11 is 6.07. The molecule has 4 rings (SSSR count). The molecular weight excluding hydrogens is 341 g/mol. The molecule has 24 heavy (non-hydrogen) atoms. The van der Waals surface area contributed by atoms with Crippen molar-refractivity contribution in [1.82, 2.24) is 14.5 Å². The van der Waals surface area contributed by atoms with E-state index in [1.165, 1.54) is 0 Å². The number of imidazole rings is 1. The van der Waals surface area contributed by atoms with E-state index >= 15 is 0 Å². The Morgan fingerprint density at radius 3 is 2.67 bits per heavy atom. The van der Waals surface area contributed by atoms with Crippen LogP contribution in [0.1, 0.15) is 12.2 Å². The number of hydrogen-bond donors (Lipinski definition) is 1. The Labute approximate surface area is 141 Å². The highest BCUT2D eigenvalue weighted by atomic mass is 35.5. The van der Waals surface area contributed by atoms with E-state index in [2.05, 4.69) is 14.5 Å². The van der Waals surface area contributed by atoms with Gasteiger partial charge in [0.1, 0.15) is 17.2 Å². The molecule has 0 amide bonds. The highest BCUT2D eigenvalue weighted by Gasteiger charge is 2.20. The minimum absolute atomic E-state index is 0.200. The number of fused-ring (bicyclic) bond motifs is 3. The number of aryl methyl sites for hydroxylation is 1. The molecule has 0 spiro atoms. The first kappa shape index (κ1) is 16.7. The standard InChI is InChI=1S/C10H11ClN4.C6H3F3/c11-10-9-7(3-4-13-10)14-8-2-1-6(12)5-15(8)9;7-4-1-2-5(8)6(9)3-4/h3-4,6H,1-2,5,12H2;1-3H/t6-;/m1./s1. The molecule has 1 aliphatic heterocycles. The fourth-order valence-electron chi connectivity index (χ4n) is 2.59. The van der Waals surface area contributed by atoms with Gasteiger partial charge in [-0.2, -0.15) is 0 Å². The number of nitrogens with zero attached hydrogens (tertiary/aromatic N) is 3. The zero-order valence-electron chi connectivity index (χ0n) is 12.5. The van der Waals surface area contributed by atoms with E-state index in [1.807, 2.05) is 6.07 Å². The molecular formula is C16H14ClF3N4. The Balaban J connectivity index is 0.000000162. The maximum Gasteiger partial charge on any atom is 0.161 e. The Hall–Kier alpha value is -2.12. The lowest BCUT2D eigenvalue weighted by molar-refractivity contribution is 0.461. The molecule has 0 fully saturated rings. The van der Waals surface area contributed by atoms with Crippen molar-refractivity contribution >= 4 is 22.6 Å². The van der Waals surface area contributed by atoms with Gasteiger partial charge in [-0.3, -0.25) is 0 Å². The van der Waals surface area contributed by atoms with Crippen LogP contribution in [0, 0.1) is 17.5 Å². The number of halogens is 4. The van der Waals surface area contributed by atoms with Crippen LogP contribution in [0.5, 0.6) is 0 Å². The normalized spacial score (nSPS) is 16.5. The number of hydrogen-bond acceptors (Lipinski definition) is 3. The SMILES string of the molecule is Fc1ccc(F)c(F)c1.N[C@@H]1CCc2nc3ccnc(Cl)c3n2C1. The summed E-state index contributed by atoms with van der Waals surface area (Å²) in [6, 6.07) is 4.18. The van der Waals surface area contributed by atoms with Crippen LogP contribution in [0.25, 0.3) is 11.0 Å². The van der Waals surface area contributed by atoms with Crippen molar-refractivity contribution in [1.29, 1.82) is 0 Å². The van der Waals surface area contributed by atoms with Crippen LogP contribution in [-0.4, -0.2) is 20.6 Å². The van der Waals surface area contributed by atoms with Crippen LogP contribution < -0.4 is 5.73 Å². The van der Waals surface area contributed by atoms with Crippen molar-refractivity contribution in [3.8, 4) is 0 Å². The first-order valence-electron chi connectivity index (χ1n) is 7.31. The lowest BCUT2D eigenvalue weighted by atomic mass is 10.1. The molecule has 1 aliphatic rings. The Morgan fingerprint density at radius 1 is 1.17 bits per heavy atom. The van der Waals surface area contributed by atoms with E-state index in [4.69, 9.17) is 17.3 Å². The average molecular weight is 355 g/mol. The molecule has 126 valence electrons. The fraction of sp³-hybridized carbons (Fsp3) is 0.250. The van der Waals surface area contributed by atoms with Gasteiger partial charge in [-0.15, -0.1) is 0 Å². The van der Waals surface area contributed by atoms with E-state index in [1.54, 1.807) is 6.20 Å². The lowest BCUT2D eigenvalue weighted by Gasteiger charge is -2.20. The van der Waals surface area contributed by atoms with Gasteiger partial charge in [0.2, 0.25) is 0 Å². The Kier molecular flexibility index (Phi) is 4.73. The highest BCUT2D eigenvalue weighted by Crippen LogP contribution is 2.25. The summed E-state index contributed by atoms with van der Waals surface area (Å²) in [5.41, 5.74) is 7.77. The van der Waals surface area contributed by atoms with Gasteiger partial charge in [0.15, 0.2) is 16.8 Å². The van der Waals surface area contributed by atoms with Crippen molar-refractivity contribution < 1.29 is 13.2 Å². The van der Waals surface area contributed by atoms with E-state index < -0.39 is 17.5 Å². The van der Waals surface area contributed by atoms with Gasteiger partial charge in [-0.1, -0.05) is 11.6 Å². The monoisotopic (exact) mass is 354 g/mol. The molecule has 0 radical (unpaired) electrons. The second-order valence-corrected chi connectivity index (χ2v) is 5.82. The Morgan fingerprint density at radius 2 is 1.96 bits per heavy atom. The van der Waals surface area contributed by atoms with Crippen LogP contribution in [-0.2, 0) is 13.0 Å². The van der Waals surface area contributed by atoms with Crippen molar-refractivity contribution in [3.63, 3.8) is 0 Å². The molecule has 2 aromatic heterocycles. The zero-order chi connectivity index (χ0) is 17.3. The van der Waals surface area contributed by atoms with Crippen LogP contribution in [0.3, 0.4) is 0 Å². The molecule has 1 atom stereocenters. The van der Waals surface area contributed by atoms with Crippen molar-refractivity contribution in [2.75, 3.05) is 0 Å². The van der Waals surface area contributed by atoms with E-state index in [-0.39, 0.29) is 6.04 Å².